The Balaban J connectivity index is 1.91. The van der Waals surface area contributed by atoms with Gasteiger partial charge in [0.25, 0.3) is 5.91 Å². The third-order valence-electron chi connectivity index (χ3n) is 8.89. The highest BCUT2D eigenvalue weighted by Gasteiger charge is 2.60. The number of aliphatic hydroxyl groups is 3. The van der Waals surface area contributed by atoms with Gasteiger partial charge in [-0.2, -0.15) is 13.2 Å². The van der Waals surface area contributed by atoms with Gasteiger partial charge in [-0.25, -0.2) is 0 Å². The summed E-state index contributed by atoms with van der Waals surface area (Å²) in [4.78, 5) is 40.3. The van der Waals surface area contributed by atoms with E-state index in [9.17, 15) is 48.0 Å². The quantitative estimate of drug-likeness (QED) is 0.326. The molecular weight excluding hydrogens is 533 g/mol. The summed E-state index contributed by atoms with van der Waals surface area (Å²) in [5.74, 6) is -8.74. The summed E-state index contributed by atoms with van der Waals surface area (Å²) in [5.41, 5.74) is -1.84. The molecule has 6 N–H and O–H groups in total. The zero-order chi connectivity index (χ0) is 30.1. The van der Waals surface area contributed by atoms with Crippen molar-refractivity contribution in [1.82, 2.24) is 4.90 Å². The minimum absolute atomic E-state index is 0.148. The topological polar surface area (TPSA) is 161 Å². The van der Waals surface area contributed by atoms with Crippen LogP contribution in [0.5, 0.6) is 5.75 Å². The molecule has 0 radical (unpaired) electrons. The lowest BCUT2D eigenvalue weighted by Gasteiger charge is -2.46. The molecule has 12 heteroatoms. The van der Waals surface area contributed by atoms with E-state index in [1.807, 2.05) is 32.6 Å². The summed E-state index contributed by atoms with van der Waals surface area (Å²) in [7, 11) is 0. The Morgan fingerprint density at radius 1 is 1.15 bits per heavy atom. The fourth-order valence-electron chi connectivity index (χ4n) is 6.42. The van der Waals surface area contributed by atoms with Crippen LogP contribution < -0.4 is 5.73 Å². The number of phenolic OH excluding ortho intramolecular Hbond substituents is 1. The normalized spacial score (nSPS) is 25.2. The number of alkyl halides is 3. The number of phenols is 1. The molecule has 4 rings (SSSR count). The number of Topliss-reactive ketones (excluding diaryl/α,β-unsaturated/α-hetero) is 2. The van der Waals surface area contributed by atoms with Gasteiger partial charge in [0.15, 0.2) is 11.4 Å². The van der Waals surface area contributed by atoms with Crippen LogP contribution in [0.3, 0.4) is 0 Å². The number of halogens is 3. The number of fused-ring (bicyclic) bond motifs is 3. The van der Waals surface area contributed by atoms with E-state index < -0.39 is 105 Å². The number of benzene rings is 1. The van der Waals surface area contributed by atoms with Gasteiger partial charge in [0.2, 0.25) is 5.78 Å². The van der Waals surface area contributed by atoms with Gasteiger partial charge in [0.05, 0.1) is 11.1 Å². The number of nitrogens with zero attached hydrogens (tertiary/aromatic N) is 1. The van der Waals surface area contributed by atoms with Crippen LogP contribution in [0.1, 0.15) is 74.0 Å². The first-order chi connectivity index (χ1) is 18.4. The second kappa shape index (κ2) is 9.62. The SMILES string of the molecule is CCN(Cc1cc(O)c2c(c1C(F)(F)F)CC1C[C@H]3CC(O)=C(C(N)=O)C(=O)[C@@]3(O)C(O)=C1C2=O)C(C)(C)CC. The molecule has 3 aliphatic carbocycles. The molecule has 0 heterocycles. The van der Waals surface area contributed by atoms with E-state index in [1.165, 1.54) is 0 Å². The third-order valence-corrected chi connectivity index (χ3v) is 8.89. The Bertz CT molecular complexity index is 1380. The third kappa shape index (κ3) is 4.28. The van der Waals surface area contributed by atoms with Crippen LogP contribution in [0.15, 0.2) is 28.7 Å². The molecule has 9 nitrogen and oxygen atoms in total. The molecule has 40 heavy (non-hydrogen) atoms. The fraction of sp³-hybridized carbons (Fsp3) is 0.536. The molecule has 1 aromatic carbocycles. The highest BCUT2D eigenvalue weighted by molar-refractivity contribution is 6.24. The number of carbonyl (C=O) groups excluding carboxylic acids is 3. The standard InChI is InChI=1S/C28H33F3N2O7/c1-5-26(3,4)33(6-2)11-13-9-16(34)19-15(21(13)28(29,30)31)8-12-7-14-10-17(35)20(25(32)39)24(38)27(14,40)23(37)18(12)22(19)36/h9,12,14,34-35,37,40H,5-8,10-11H2,1-4H3,(H2,32,39)/t12?,14-,27-/m0/s1. The van der Waals surface area contributed by atoms with Crippen LogP contribution in [0.2, 0.25) is 0 Å². The molecule has 0 bridgehead atoms. The summed E-state index contributed by atoms with van der Waals surface area (Å²) < 4.78 is 43.9. The van der Waals surface area contributed by atoms with Crippen LogP contribution in [0.4, 0.5) is 13.2 Å². The van der Waals surface area contributed by atoms with E-state index in [4.69, 9.17) is 5.73 Å². The lowest BCUT2D eigenvalue weighted by molar-refractivity contribution is -0.144. The van der Waals surface area contributed by atoms with Gasteiger partial charge in [-0.15, -0.1) is 0 Å². The van der Waals surface area contributed by atoms with E-state index in [0.29, 0.717) is 13.0 Å². The second-order valence-corrected chi connectivity index (χ2v) is 11.4. The zero-order valence-electron chi connectivity index (χ0n) is 22.6. The molecule has 1 aromatic rings. The van der Waals surface area contributed by atoms with Crippen molar-refractivity contribution in [2.24, 2.45) is 17.6 Å². The van der Waals surface area contributed by atoms with Gasteiger partial charge in [0.1, 0.15) is 22.8 Å². The summed E-state index contributed by atoms with van der Waals surface area (Å²) in [6, 6.07) is 0.907. The monoisotopic (exact) mass is 566 g/mol. The minimum atomic E-state index is -4.89. The van der Waals surface area contributed by atoms with Gasteiger partial charge in [-0.1, -0.05) is 13.8 Å². The Labute approximate surface area is 228 Å². The predicted molar refractivity (Wildman–Crippen MR) is 136 cm³/mol. The molecule has 218 valence electrons. The number of aliphatic hydroxyl groups excluding tert-OH is 2. The van der Waals surface area contributed by atoms with Gasteiger partial charge in [-0.05, 0) is 62.8 Å². The molecule has 0 saturated heterocycles. The smallest absolute Gasteiger partial charge is 0.417 e. The number of carbonyl (C=O) groups is 3. The van der Waals surface area contributed by atoms with Crippen molar-refractivity contribution in [2.75, 3.05) is 6.54 Å². The Morgan fingerprint density at radius 2 is 1.77 bits per heavy atom. The maximum absolute atomic E-state index is 14.6. The first-order valence-corrected chi connectivity index (χ1v) is 13.1. The average molecular weight is 567 g/mol. The number of rotatable bonds is 6. The van der Waals surface area contributed by atoms with Crippen molar-refractivity contribution >= 4 is 17.5 Å². The minimum Gasteiger partial charge on any atom is -0.511 e. The number of primary amides is 1. The number of hydrogen-bond acceptors (Lipinski definition) is 8. The molecule has 3 aliphatic rings. The molecule has 0 aromatic heterocycles. The van der Waals surface area contributed by atoms with Gasteiger partial charge in [-0.3, -0.25) is 19.3 Å². The van der Waals surface area contributed by atoms with Crippen LogP contribution >= 0.6 is 0 Å². The Hall–Kier alpha value is -3.38. The zero-order valence-corrected chi connectivity index (χ0v) is 22.6. The van der Waals surface area contributed by atoms with E-state index in [2.05, 4.69) is 0 Å². The molecule has 1 amide bonds. The van der Waals surface area contributed by atoms with Crippen molar-refractivity contribution < 1.29 is 48.0 Å². The fourth-order valence-corrected chi connectivity index (χ4v) is 6.42. The summed E-state index contributed by atoms with van der Waals surface area (Å²) in [5, 5.41) is 43.5. The Morgan fingerprint density at radius 3 is 2.30 bits per heavy atom. The molecule has 3 atom stereocenters. The van der Waals surface area contributed by atoms with Gasteiger partial charge < -0.3 is 26.2 Å². The second-order valence-electron chi connectivity index (χ2n) is 11.4. The molecular formula is C28H33F3N2O7. The number of nitrogens with two attached hydrogens (primary N) is 1. The van der Waals surface area contributed by atoms with Crippen molar-refractivity contribution in [2.45, 2.75) is 77.2 Å². The summed E-state index contributed by atoms with van der Waals surface area (Å²) >= 11 is 0. The van der Waals surface area contributed by atoms with Crippen molar-refractivity contribution in [1.29, 1.82) is 0 Å². The maximum atomic E-state index is 14.6. The van der Waals surface area contributed by atoms with Crippen LogP contribution in [-0.2, 0) is 28.7 Å². The summed E-state index contributed by atoms with van der Waals surface area (Å²) in [6.45, 7) is 7.80. The molecule has 0 saturated carbocycles. The highest BCUT2D eigenvalue weighted by atomic mass is 19.4. The van der Waals surface area contributed by atoms with E-state index in [-0.39, 0.29) is 18.5 Å². The van der Waals surface area contributed by atoms with Crippen LogP contribution in [0.25, 0.3) is 0 Å². The van der Waals surface area contributed by atoms with Crippen LogP contribution in [0, 0.1) is 11.8 Å². The van der Waals surface area contributed by atoms with E-state index in [1.54, 1.807) is 0 Å². The molecule has 0 spiro atoms. The predicted octanol–water partition coefficient (Wildman–Crippen LogP) is 3.61. The summed E-state index contributed by atoms with van der Waals surface area (Å²) in [6.07, 6.45) is -5.39. The average Bonchev–Trinajstić information content (AvgIpc) is 2.83. The van der Waals surface area contributed by atoms with Crippen LogP contribution in [-0.4, -0.2) is 60.5 Å². The molecule has 0 aliphatic heterocycles. The largest absolute Gasteiger partial charge is 0.511 e. The maximum Gasteiger partial charge on any atom is 0.417 e. The first-order valence-electron chi connectivity index (χ1n) is 13.1. The first kappa shape index (κ1) is 29.6. The number of hydrogen-bond donors (Lipinski definition) is 5. The van der Waals surface area contributed by atoms with E-state index in [0.717, 1.165) is 6.07 Å². The Kier molecular flexibility index (Phi) is 7.12. The number of amides is 1. The number of ketones is 2. The van der Waals surface area contributed by atoms with E-state index >= 15 is 0 Å². The van der Waals surface area contributed by atoms with Gasteiger partial charge >= 0.3 is 6.18 Å². The lowest BCUT2D eigenvalue weighted by atomic mass is 9.60. The number of aromatic hydroxyl groups is 1. The highest BCUT2D eigenvalue weighted by Crippen LogP contribution is 2.53. The molecule has 1 unspecified atom stereocenters. The van der Waals surface area contributed by atoms with Crippen molar-refractivity contribution in [3.8, 4) is 5.75 Å². The van der Waals surface area contributed by atoms with Crippen molar-refractivity contribution in [3.63, 3.8) is 0 Å². The lowest BCUT2D eigenvalue weighted by Crippen LogP contribution is -2.57. The number of allylic oxidation sites excluding steroid dienone is 2. The van der Waals surface area contributed by atoms with Gasteiger partial charge in [0, 0.05) is 30.0 Å². The molecule has 0 fully saturated rings. The van der Waals surface area contributed by atoms with Crippen molar-refractivity contribution in [3.05, 3.63) is 51.0 Å².